The summed E-state index contributed by atoms with van der Waals surface area (Å²) in [6.07, 6.45) is 7.49. The highest BCUT2D eigenvalue weighted by molar-refractivity contribution is 7.12. The molecule has 1 heterocycles. The molecule has 0 saturated heterocycles. The van der Waals surface area contributed by atoms with Gasteiger partial charge in [-0.2, -0.15) is 0 Å². The zero-order valence-corrected chi connectivity index (χ0v) is 14.9. The number of rotatable bonds is 7. The molecule has 1 aliphatic carbocycles. The van der Waals surface area contributed by atoms with Gasteiger partial charge in [0.2, 0.25) is 0 Å². The fourth-order valence-electron chi connectivity index (χ4n) is 3.07. The SMILES string of the molecule is CCCCC1CCC(C(=O)OCC(=O)NC(=O)c2cccs2)CC1. The van der Waals surface area contributed by atoms with Gasteiger partial charge in [0.15, 0.2) is 6.61 Å². The lowest BCUT2D eigenvalue weighted by Crippen LogP contribution is -2.35. The molecule has 6 heteroatoms. The van der Waals surface area contributed by atoms with E-state index in [2.05, 4.69) is 12.2 Å². The van der Waals surface area contributed by atoms with E-state index >= 15 is 0 Å². The highest BCUT2D eigenvalue weighted by Crippen LogP contribution is 2.32. The molecule has 0 spiro atoms. The third-order valence-electron chi connectivity index (χ3n) is 4.49. The minimum absolute atomic E-state index is 0.108. The van der Waals surface area contributed by atoms with E-state index in [1.165, 1.54) is 30.6 Å². The Kier molecular flexibility index (Phi) is 7.43. The van der Waals surface area contributed by atoms with Crippen molar-refractivity contribution in [1.29, 1.82) is 0 Å². The number of hydrogen-bond acceptors (Lipinski definition) is 5. The summed E-state index contributed by atoms with van der Waals surface area (Å²) in [7, 11) is 0. The van der Waals surface area contributed by atoms with E-state index in [0.29, 0.717) is 4.88 Å². The second-order valence-corrected chi connectivity index (χ2v) is 7.27. The lowest BCUT2D eigenvalue weighted by Gasteiger charge is -2.27. The molecule has 0 unspecified atom stereocenters. The smallest absolute Gasteiger partial charge is 0.309 e. The van der Waals surface area contributed by atoms with E-state index < -0.39 is 18.4 Å². The average molecular weight is 351 g/mol. The summed E-state index contributed by atoms with van der Waals surface area (Å²) in [4.78, 5) is 35.9. The van der Waals surface area contributed by atoms with Crippen LogP contribution in [0.3, 0.4) is 0 Å². The van der Waals surface area contributed by atoms with E-state index in [1.807, 2.05) is 0 Å². The molecule has 2 rings (SSSR count). The van der Waals surface area contributed by atoms with Gasteiger partial charge in [-0.25, -0.2) is 0 Å². The number of thiophene rings is 1. The van der Waals surface area contributed by atoms with Crippen LogP contribution in [0, 0.1) is 11.8 Å². The van der Waals surface area contributed by atoms with Crippen molar-refractivity contribution < 1.29 is 19.1 Å². The highest BCUT2D eigenvalue weighted by atomic mass is 32.1. The molecule has 0 bridgehead atoms. The average Bonchev–Trinajstić information content (AvgIpc) is 3.13. The first-order valence-electron chi connectivity index (χ1n) is 8.64. The lowest BCUT2D eigenvalue weighted by molar-refractivity contribution is -0.153. The Balaban J connectivity index is 1.66. The molecule has 1 saturated carbocycles. The van der Waals surface area contributed by atoms with Crippen LogP contribution in [0.4, 0.5) is 0 Å². The Labute approximate surface area is 146 Å². The number of esters is 1. The first kappa shape index (κ1) is 18.6. The molecular formula is C18H25NO4S. The van der Waals surface area contributed by atoms with Crippen molar-refractivity contribution in [3.63, 3.8) is 0 Å². The molecule has 1 fully saturated rings. The summed E-state index contributed by atoms with van der Waals surface area (Å²) in [5.74, 6) is -0.743. The van der Waals surface area contributed by atoms with E-state index in [-0.39, 0.29) is 11.9 Å². The first-order valence-corrected chi connectivity index (χ1v) is 9.52. The summed E-state index contributed by atoms with van der Waals surface area (Å²) in [6, 6.07) is 3.37. The monoisotopic (exact) mass is 351 g/mol. The van der Waals surface area contributed by atoms with Crippen molar-refractivity contribution >= 4 is 29.1 Å². The quantitative estimate of drug-likeness (QED) is 0.763. The number of amides is 2. The lowest BCUT2D eigenvalue weighted by atomic mass is 9.80. The number of imide groups is 1. The van der Waals surface area contributed by atoms with Gasteiger partial charge in [-0.1, -0.05) is 32.3 Å². The van der Waals surface area contributed by atoms with Crippen LogP contribution in [-0.2, 0) is 14.3 Å². The van der Waals surface area contributed by atoms with Crippen LogP contribution >= 0.6 is 11.3 Å². The first-order chi connectivity index (χ1) is 11.6. The molecule has 1 aliphatic rings. The topological polar surface area (TPSA) is 72.5 Å². The second kappa shape index (κ2) is 9.57. The molecule has 0 atom stereocenters. The van der Waals surface area contributed by atoms with Crippen LogP contribution in [0.5, 0.6) is 0 Å². The number of nitrogens with one attached hydrogen (secondary N) is 1. The summed E-state index contributed by atoms with van der Waals surface area (Å²) in [5.41, 5.74) is 0. The zero-order valence-electron chi connectivity index (χ0n) is 14.1. The molecule has 1 aromatic heterocycles. The molecule has 0 aliphatic heterocycles. The molecule has 1 aromatic rings. The van der Waals surface area contributed by atoms with Crippen molar-refractivity contribution in [1.82, 2.24) is 5.32 Å². The Hall–Kier alpha value is -1.69. The number of hydrogen-bond donors (Lipinski definition) is 1. The van der Waals surface area contributed by atoms with Crippen LogP contribution in [0.2, 0.25) is 0 Å². The summed E-state index contributed by atoms with van der Waals surface area (Å²) < 4.78 is 5.08. The highest BCUT2D eigenvalue weighted by Gasteiger charge is 2.27. The minimum atomic E-state index is -0.585. The molecule has 24 heavy (non-hydrogen) atoms. The van der Waals surface area contributed by atoms with Gasteiger partial charge in [0.1, 0.15) is 0 Å². The normalized spacial score (nSPS) is 20.4. The van der Waals surface area contributed by atoms with Crippen LogP contribution in [-0.4, -0.2) is 24.4 Å². The predicted octanol–water partition coefficient (Wildman–Crippen LogP) is 3.54. The molecule has 2 amide bonds. The van der Waals surface area contributed by atoms with E-state index in [4.69, 9.17) is 4.74 Å². The van der Waals surface area contributed by atoms with Gasteiger partial charge in [0.25, 0.3) is 11.8 Å². The summed E-state index contributed by atoms with van der Waals surface area (Å²) in [6.45, 7) is 1.79. The van der Waals surface area contributed by atoms with Gasteiger partial charge in [0.05, 0.1) is 10.8 Å². The number of carbonyl (C=O) groups excluding carboxylic acids is 3. The Morgan fingerprint density at radius 3 is 2.62 bits per heavy atom. The van der Waals surface area contributed by atoms with Crippen molar-refractivity contribution in [2.45, 2.75) is 51.9 Å². The fraction of sp³-hybridized carbons (Fsp3) is 0.611. The Morgan fingerprint density at radius 1 is 1.25 bits per heavy atom. The van der Waals surface area contributed by atoms with Gasteiger partial charge in [0, 0.05) is 0 Å². The molecule has 0 radical (unpaired) electrons. The fourth-order valence-corrected chi connectivity index (χ4v) is 3.69. The third-order valence-corrected chi connectivity index (χ3v) is 5.36. The molecular weight excluding hydrogens is 326 g/mol. The number of ether oxygens (including phenoxy) is 1. The second-order valence-electron chi connectivity index (χ2n) is 6.32. The number of carbonyl (C=O) groups is 3. The summed E-state index contributed by atoms with van der Waals surface area (Å²) in [5, 5.41) is 3.99. The van der Waals surface area contributed by atoms with Gasteiger partial charge in [-0.15, -0.1) is 11.3 Å². The number of unbranched alkanes of at least 4 members (excludes halogenated alkanes) is 1. The third kappa shape index (κ3) is 5.74. The van der Waals surface area contributed by atoms with Gasteiger partial charge in [-0.3, -0.25) is 19.7 Å². The molecule has 1 N–H and O–H groups in total. The predicted molar refractivity (Wildman–Crippen MR) is 92.7 cm³/mol. The van der Waals surface area contributed by atoms with Gasteiger partial charge < -0.3 is 4.74 Å². The van der Waals surface area contributed by atoms with Gasteiger partial charge in [-0.05, 0) is 43.0 Å². The van der Waals surface area contributed by atoms with Crippen LogP contribution in [0.25, 0.3) is 0 Å². The van der Waals surface area contributed by atoms with Crippen LogP contribution in [0.1, 0.15) is 61.5 Å². The van der Waals surface area contributed by atoms with Crippen LogP contribution in [0.15, 0.2) is 17.5 Å². The van der Waals surface area contributed by atoms with Crippen molar-refractivity contribution in [2.24, 2.45) is 11.8 Å². The van der Waals surface area contributed by atoms with E-state index in [9.17, 15) is 14.4 Å². The standard InChI is InChI=1S/C18H25NO4S/c1-2-3-5-13-7-9-14(10-8-13)18(22)23-12-16(20)19-17(21)15-6-4-11-24-15/h4,6,11,13-14H,2-3,5,7-10,12H2,1H3,(H,19,20,21). The maximum absolute atomic E-state index is 12.1. The van der Waals surface area contributed by atoms with E-state index in [0.717, 1.165) is 31.6 Å². The molecule has 5 nitrogen and oxygen atoms in total. The van der Waals surface area contributed by atoms with Gasteiger partial charge >= 0.3 is 5.97 Å². The maximum Gasteiger partial charge on any atom is 0.309 e. The summed E-state index contributed by atoms with van der Waals surface area (Å²) >= 11 is 1.25. The largest absolute Gasteiger partial charge is 0.455 e. The minimum Gasteiger partial charge on any atom is -0.455 e. The van der Waals surface area contributed by atoms with Crippen molar-refractivity contribution in [3.05, 3.63) is 22.4 Å². The molecule has 0 aromatic carbocycles. The Bertz CT molecular complexity index is 547. The van der Waals surface area contributed by atoms with Crippen molar-refractivity contribution in [2.75, 3.05) is 6.61 Å². The van der Waals surface area contributed by atoms with Crippen molar-refractivity contribution in [3.8, 4) is 0 Å². The molecule has 132 valence electrons. The Morgan fingerprint density at radius 2 is 2.00 bits per heavy atom. The maximum atomic E-state index is 12.1. The van der Waals surface area contributed by atoms with E-state index in [1.54, 1.807) is 17.5 Å². The van der Waals surface area contributed by atoms with Crippen LogP contribution < -0.4 is 5.32 Å². The zero-order chi connectivity index (χ0) is 17.4.